The van der Waals surface area contributed by atoms with Gasteiger partial charge in [0.05, 0.1) is 6.04 Å². The van der Waals surface area contributed by atoms with Crippen LogP contribution in [0, 0.1) is 11.8 Å². The van der Waals surface area contributed by atoms with Crippen molar-refractivity contribution >= 4 is 23.7 Å². The van der Waals surface area contributed by atoms with E-state index < -0.39 is 42.0 Å². The minimum Gasteiger partial charge on any atom is -0.480 e. The van der Waals surface area contributed by atoms with Crippen molar-refractivity contribution in [2.24, 2.45) is 23.3 Å². The standard InChI is InChI=1S/C21H39N5O5/c1-12(2)16(23)19(28)25-17(13(3)4)20(29)26-11-7-9-15(26)18(27)24-14(21(30)31)8-5-6-10-22/h12-17H,5-11,22-23H2,1-4H3,(H,24,27)(H,25,28)(H,30,31). The van der Waals surface area contributed by atoms with E-state index in [1.165, 1.54) is 4.90 Å². The Balaban J connectivity index is 2.88. The molecule has 1 heterocycles. The van der Waals surface area contributed by atoms with Crippen molar-refractivity contribution in [1.29, 1.82) is 0 Å². The van der Waals surface area contributed by atoms with Crippen molar-refractivity contribution < 1.29 is 24.3 Å². The number of carbonyl (C=O) groups excluding carboxylic acids is 3. The lowest BCUT2D eigenvalue weighted by Gasteiger charge is -2.31. The van der Waals surface area contributed by atoms with E-state index in [1.54, 1.807) is 0 Å². The molecule has 31 heavy (non-hydrogen) atoms. The number of hydrogen-bond donors (Lipinski definition) is 5. The maximum Gasteiger partial charge on any atom is 0.326 e. The third-order valence-corrected chi connectivity index (χ3v) is 5.65. The van der Waals surface area contributed by atoms with Crippen molar-refractivity contribution in [1.82, 2.24) is 15.5 Å². The van der Waals surface area contributed by atoms with Crippen LogP contribution in [0.15, 0.2) is 0 Å². The van der Waals surface area contributed by atoms with E-state index in [4.69, 9.17) is 11.5 Å². The van der Waals surface area contributed by atoms with Gasteiger partial charge in [-0.05, 0) is 50.5 Å². The van der Waals surface area contributed by atoms with Gasteiger partial charge < -0.3 is 32.1 Å². The van der Waals surface area contributed by atoms with Crippen LogP contribution in [0.5, 0.6) is 0 Å². The average molecular weight is 442 g/mol. The molecule has 4 unspecified atom stereocenters. The zero-order valence-corrected chi connectivity index (χ0v) is 19.1. The fourth-order valence-electron chi connectivity index (χ4n) is 3.57. The molecule has 1 aliphatic heterocycles. The first-order chi connectivity index (χ1) is 14.5. The third-order valence-electron chi connectivity index (χ3n) is 5.65. The molecular formula is C21H39N5O5. The Morgan fingerprint density at radius 2 is 1.71 bits per heavy atom. The van der Waals surface area contributed by atoms with Gasteiger partial charge in [0.15, 0.2) is 0 Å². The van der Waals surface area contributed by atoms with Gasteiger partial charge in [-0.1, -0.05) is 27.7 Å². The van der Waals surface area contributed by atoms with Crippen LogP contribution in [0.1, 0.15) is 59.8 Å². The minimum absolute atomic E-state index is 0.0829. The monoisotopic (exact) mass is 441 g/mol. The topological polar surface area (TPSA) is 168 Å². The van der Waals surface area contributed by atoms with E-state index in [0.29, 0.717) is 38.8 Å². The van der Waals surface area contributed by atoms with Gasteiger partial charge in [-0.3, -0.25) is 14.4 Å². The van der Waals surface area contributed by atoms with Crippen LogP contribution in [-0.4, -0.2) is 71.0 Å². The van der Waals surface area contributed by atoms with Gasteiger partial charge >= 0.3 is 5.97 Å². The molecule has 1 aliphatic rings. The van der Waals surface area contributed by atoms with Crippen LogP contribution in [0.2, 0.25) is 0 Å². The second-order valence-corrected chi connectivity index (χ2v) is 8.87. The van der Waals surface area contributed by atoms with Gasteiger partial charge in [-0.2, -0.15) is 0 Å². The van der Waals surface area contributed by atoms with Gasteiger partial charge in [-0.25, -0.2) is 4.79 Å². The van der Waals surface area contributed by atoms with E-state index in [-0.39, 0.29) is 24.2 Å². The van der Waals surface area contributed by atoms with Crippen molar-refractivity contribution in [2.45, 2.75) is 84.0 Å². The molecule has 0 spiro atoms. The molecule has 0 aromatic carbocycles. The molecular weight excluding hydrogens is 402 g/mol. The molecule has 0 aliphatic carbocycles. The van der Waals surface area contributed by atoms with E-state index >= 15 is 0 Å². The molecule has 7 N–H and O–H groups in total. The summed E-state index contributed by atoms with van der Waals surface area (Å²) in [5.74, 6) is -2.65. The molecule has 4 atom stereocenters. The summed E-state index contributed by atoms with van der Waals surface area (Å²) < 4.78 is 0. The molecule has 0 aromatic heterocycles. The molecule has 0 bridgehead atoms. The number of rotatable bonds is 12. The molecule has 0 radical (unpaired) electrons. The number of likely N-dealkylation sites (tertiary alicyclic amines) is 1. The third kappa shape index (κ3) is 7.77. The predicted octanol–water partition coefficient (Wildman–Crippen LogP) is -0.200. The highest BCUT2D eigenvalue weighted by Gasteiger charge is 2.40. The summed E-state index contributed by atoms with van der Waals surface area (Å²) in [5.41, 5.74) is 11.4. The normalized spacial score (nSPS) is 19.2. The summed E-state index contributed by atoms with van der Waals surface area (Å²) >= 11 is 0. The number of hydrogen-bond acceptors (Lipinski definition) is 6. The van der Waals surface area contributed by atoms with Gasteiger partial charge in [0, 0.05) is 6.54 Å². The summed E-state index contributed by atoms with van der Waals surface area (Å²) in [7, 11) is 0. The zero-order chi connectivity index (χ0) is 23.7. The Bertz CT molecular complexity index is 640. The smallest absolute Gasteiger partial charge is 0.326 e. The molecule has 3 amide bonds. The van der Waals surface area contributed by atoms with Crippen molar-refractivity contribution in [3.8, 4) is 0 Å². The van der Waals surface area contributed by atoms with E-state index in [0.717, 1.165) is 0 Å². The summed E-state index contributed by atoms with van der Waals surface area (Å²) in [5, 5.41) is 14.7. The maximum atomic E-state index is 13.2. The number of unbranched alkanes of at least 4 members (excludes halogenated alkanes) is 1. The second kappa shape index (κ2) is 12.6. The number of aliphatic carboxylic acids is 1. The Kier molecular flexibility index (Phi) is 10.9. The predicted molar refractivity (Wildman–Crippen MR) is 117 cm³/mol. The fraction of sp³-hybridized carbons (Fsp3) is 0.810. The van der Waals surface area contributed by atoms with E-state index in [1.807, 2.05) is 27.7 Å². The Labute approximate surface area is 184 Å². The first-order valence-corrected chi connectivity index (χ1v) is 11.1. The summed E-state index contributed by atoms with van der Waals surface area (Å²) in [4.78, 5) is 51.4. The van der Waals surface area contributed by atoms with Crippen molar-refractivity contribution in [3.63, 3.8) is 0 Å². The lowest BCUT2D eigenvalue weighted by Crippen LogP contribution is -2.58. The van der Waals surface area contributed by atoms with Gasteiger partial charge in [0.25, 0.3) is 0 Å². The molecule has 10 nitrogen and oxygen atoms in total. The van der Waals surface area contributed by atoms with Gasteiger partial charge in [0.2, 0.25) is 17.7 Å². The number of amides is 3. The van der Waals surface area contributed by atoms with Crippen LogP contribution >= 0.6 is 0 Å². The summed E-state index contributed by atoms with van der Waals surface area (Å²) in [6.07, 6.45) is 2.59. The number of nitrogens with two attached hydrogens (primary N) is 2. The van der Waals surface area contributed by atoms with E-state index in [9.17, 15) is 24.3 Å². The average Bonchev–Trinajstić information content (AvgIpc) is 3.19. The zero-order valence-electron chi connectivity index (χ0n) is 19.1. The Morgan fingerprint density at radius 1 is 1.06 bits per heavy atom. The molecule has 1 saturated heterocycles. The summed E-state index contributed by atoms with van der Waals surface area (Å²) in [6, 6.07) is -3.34. The Hall–Kier alpha value is -2.20. The number of carboxylic acids is 1. The molecule has 178 valence electrons. The van der Waals surface area contributed by atoms with E-state index in [2.05, 4.69) is 10.6 Å². The molecule has 1 rings (SSSR count). The summed E-state index contributed by atoms with van der Waals surface area (Å²) in [6.45, 7) is 8.10. The highest BCUT2D eigenvalue weighted by molar-refractivity contribution is 5.94. The van der Waals surface area contributed by atoms with Crippen LogP contribution < -0.4 is 22.1 Å². The first kappa shape index (κ1) is 26.8. The number of nitrogens with zero attached hydrogens (tertiary/aromatic N) is 1. The first-order valence-electron chi connectivity index (χ1n) is 11.1. The number of nitrogens with one attached hydrogen (secondary N) is 2. The van der Waals surface area contributed by atoms with Crippen LogP contribution in [0.4, 0.5) is 0 Å². The number of carboxylic acid groups (broad SMARTS) is 1. The lowest BCUT2D eigenvalue weighted by atomic mass is 9.99. The maximum absolute atomic E-state index is 13.2. The van der Waals surface area contributed by atoms with Gasteiger partial charge in [0.1, 0.15) is 18.1 Å². The lowest BCUT2D eigenvalue weighted by molar-refractivity contribution is -0.145. The largest absolute Gasteiger partial charge is 0.480 e. The molecule has 0 saturated carbocycles. The van der Waals surface area contributed by atoms with Crippen LogP contribution in [0.25, 0.3) is 0 Å². The minimum atomic E-state index is -1.11. The van der Waals surface area contributed by atoms with Crippen molar-refractivity contribution in [3.05, 3.63) is 0 Å². The van der Waals surface area contributed by atoms with Crippen LogP contribution in [-0.2, 0) is 19.2 Å². The van der Waals surface area contributed by atoms with Gasteiger partial charge in [-0.15, -0.1) is 0 Å². The van der Waals surface area contributed by atoms with Crippen LogP contribution in [0.3, 0.4) is 0 Å². The molecule has 0 aromatic rings. The molecule has 10 heteroatoms. The Morgan fingerprint density at radius 3 is 2.23 bits per heavy atom. The SMILES string of the molecule is CC(C)C(N)C(=O)NC(C(=O)N1CCCC1C(=O)NC(CCCCN)C(=O)O)C(C)C. The number of carbonyl (C=O) groups is 4. The highest BCUT2D eigenvalue weighted by Crippen LogP contribution is 2.21. The fourth-order valence-corrected chi connectivity index (χ4v) is 3.57. The van der Waals surface area contributed by atoms with Crippen molar-refractivity contribution in [2.75, 3.05) is 13.1 Å². The molecule has 1 fully saturated rings. The second-order valence-electron chi connectivity index (χ2n) is 8.87. The highest BCUT2D eigenvalue weighted by atomic mass is 16.4. The quantitative estimate of drug-likeness (QED) is 0.261.